The Bertz CT molecular complexity index is 573. The van der Waals surface area contributed by atoms with E-state index in [1.807, 2.05) is 6.07 Å². The van der Waals surface area contributed by atoms with E-state index >= 15 is 0 Å². The number of rotatable bonds is 3. The third-order valence-electron chi connectivity index (χ3n) is 2.46. The van der Waals surface area contributed by atoms with Crippen LogP contribution in [0.3, 0.4) is 0 Å². The largest absolute Gasteiger partial charge is 0.388 e. The number of hydrogen-bond donors (Lipinski definition) is 1. The Labute approximate surface area is 130 Å². The summed E-state index contributed by atoms with van der Waals surface area (Å²) >= 11 is 14.0. The first kappa shape index (κ1) is 14.5. The number of thiophene rings is 1. The molecule has 1 atom stereocenters. The van der Waals surface area contributed by atoms with Crippen LogP contribution >= 0.6 is 54.8 Å². The van der Waals surface area contributed by atoms with E-state index in [0.29, 0.717) is 10.6 Å². The molecule has 96 valence electrons. The second-order valence-corrected chi connectivity index (χ2v) is 7.92. The van der Waals surface area contributed by atoms with Crippen LogP contribution in [0.1, 0.15) is 17.2 Å². The number of hydrogen-bond acceptors (Lipinski definition) is 2. The third kappa shape index (κ3) is 3.33. The van der Waals surface area contributed by atoms with Gasteiger partial charge in [-0.3, -0.25) is 0 Å². The highest BCUT2D eigenvalue weighted by molar-refractivity contribution is 9.12. The molecular weight excluding hydrogens is 406 g/mol. The molecule has 1 nitrogen and oxygen atoms in total. The first-order valence-corrected chi connectivity index (χ1v) is 7.82. The van der Waals surface area contributed by atoms with Gasteiger partial charge in [-0.25, -0.2) is 4.39 Å². The number of benzene rings is 1. The zero-order chi connectivity index (χ0) is 13.3. The second kappa shape index (κ2) is 6.01. The second-order valence-electron chi connectivity index (χ2n) is 3.74. The van der Waals surface area contributed by atoms with E-state index in [2.05, 4.69) is 31.9 Å². The molecule has 1 unspecified atom stereocenters. The van der Waals surface area contributed by atoms with Crippen LogP contribution in [0, 0.1) is 5.82 Å². The molecule has 18 heavy (non-hydrogen) atoms. The average molecular weight is 415 g/mol. The predicted molar refractivity (Wildman–Crippen MR) is 79.8 cm³/mol. The molecule has 6 heteroatoms. The molecule has 0 saturated heterocycles. The van der Waals surface area contributed by atoms with Gasteiger partial charge in [-0.15, -0.1) is 11.3 Å². The molecule has 0 amide bonds. The molecule has 1 aromatic carbocycles. The Morgan fingerprint density at radius 1 is 1.33 bits per heavy atom. The molecule has 0 spiro atoms. The van der Waals surface area contributed by atoms with Gasteiger partial charge in [0.05, 0.1) is 13.7 Å². The smallest absolute Gasteiger partial charge is 0.126 e. The topological polar surface area (TPSA) is 20.2 Å². The van der Waals surface area contributed by atoms with Crippen LogP contribution < -0.4 is 0 Å². The fraction of sp³-hybridized carbons (Fsp3) is 0.167. The van der Waals surface area contributed by atoms with Crippen LogP contribution in [-0.2, 0) is 6.42 Å². The van der Waals surface area contributed by atoms with E-state index < -0.39 is 6.10 Å². The maximum absolute atomic E-state index is 13.6. The first-order valence-electron chi connectivity index (χ1n) is 5.04. The first-order chi connectivity index (χ1) is 8.47. The van der Waals surface area contributed by atoms with Crippen molar-refractivity contribution >= 4 is 54.8 Å². The van der Waals surface area contributed by atoms with Crippen LogP contribution in [0.25, 0.3) is 0 Å². The van der Waals surface area contributed by atoms with E-state index in [9.17, 15) is 9.50 Å². The minimum absolute atomic E-state index is 0.189. The number of aliphatic hydroxyl groups excluding tert-OH is 1. The van der Waals surface area contributed by atoms with Gasteiger partial charge < -0.3 is 5.11 Å². The van der Waals surface area contributed by atoms with Crippen molar-refractivity contribution in [2.45, 2.75) is 12.5 Å². The summed E-state index contributed by atoms with van der Waals surface area (Å²) < 4.78 is 15.3. The Kier molecular flexibility index (Phi) is 4.83. The maximum Gasteiger partial charge on any atom is 0.126 e. The van der Waals surface area contributed by atoms with Crippen LogP contribution in [-0.4, -0.2) is 5.11 Å². The zero-order valence-electron chi connectivity index (χ0n) is 8.96. The van der Waals surface area contributed by atoms with Gasteiger partial charge in [0.1, 0.15) is 5.82 Å². The fourth-order valence-corrected chi connectivity index (χ4v) is 4.75. The van der Waals surface area contributed by atoms with E-state index in [0.717, 1.165) is 13.1 Å². The minimum Gasteiger partial charge on any atom is -0.388 e. The van der Waals surface area contributed by atoms with Crippen LogP contribution in [0.2, 0.25) is 5.02 Å². The van der Waals surface area contributed by atoms with E-state index in [4.69, 9.17) is 11.6 Å². The summed E-state index contributed by atoms with van der Waals surface area (Å²) in [4.78, 5) is 0. The molecule has 0 aliphatic carbocycles. The van der Waals surface area contributed by atoms with Crippen molar-refractivity contribution in [2.24, 2.45) is 0 Å². The lowest BCUT2D eigenvalue weighted by Crippen LogP contribution is -2.03. The average Bonchev–Trinajstić information content (AvgIpc) is 2.63. The van der Waals surface area contributed by atoms with Crippen LogP contribution in [0.5, 0.6) is 0 Å². The molecule has 0 fully saturated rings. The fourth-order valence-electron chi connectivity index (χ4n) is 1.60. The molecule has 0 aliphatic rings. The molecule has 0 aliphatic heterocycles. The van der Waals surface area contributed by atoms with Crippen molar-refractivity contribution in [2.75, 3.05) is 0 Å². The van der Waals surface area contributed by atoms with E-state index in [1.165, 1.54) is 29.5 Å². The molecule has 2 rings (SSSR count). The molecule has 1 N–H and O–H groups in total. The van der Waals surface area contributed by atoms with Crippen molar-refractivity contribution in [3.8, 4) is 0 Å². The highest BCUT2D eigenvalue weighted by Gasteiger charge is 2.17. The summed E-state index contributed by atoms with van der Waals surface area (Å²) in [6.07, 6.45) is -0.580. The molecule has 0 saturated carbocycles. The number of halogens is 4. The van der Waals surface area contributed by atoms with Gasteiger partial charge in [-0.2, -0.15) is 0 Å². The Morgan fingerprint density at radius 2 is 2.06 bits per heavy atom. The lowest BCUT2D eigenvalue weighted by molar-refractivity contribution is 0.177. The molecule has 0 bridgehead atoms. The Morgan fingerprint density at radius 3 is 2.67 bits per heavy atom. The zero-order valence-corrected chi connectivity index (χ0v) is 13.7. The van der Waals surface area contributed by atoms with Gasteiger partial charge >= 0.3 is 0 Å². The van der Waals surface area contributed by atoms with Gasteiger partial charge in [0, 0.05) is 17.0 Å². The quantitative estimate of drug-likeness (QED) is 0.719. The van der Waals surface area contributed by atoms with Crippen molar-refractivity contribution in [1.82, 2.24) is 0 Å². The highest BCUT2D eigenvalue weighted by atomic mass is 79.9. The molecule has 2 aromatic rings. The van der Waals surface area contributed by atoms with Gasteiger partial charge in [-0.1, -0.05) is 11.6 Å². The van der Waals surface area contributed by atoms with Crippen molar-refractivity contribution in [3.05, 3.63) is 53.8 Å². The predicted octanol–water partition coefficient (Wildman–Crippen LogP) is 5.34. The summed E-state index contributed by atoms with van der Waals surface area (Å²) in [6, 6.07) is 6.16. The van der Waals surface area contributed by atoms with E-state index in [-0.39, 0.29) is 12.2 Å². The monoisotopic (exact) mass is 412 g/mol. The van der Waals surface area contributed by atoms with Gasteiger partial charge in [-0.05, 0) is 61.7 Å². The van der Waals surface area contributed by atoms with Crippen molar-refractivity contribution in [3.63, 3.8) is 0 Å². The van der Waals surface area contributed by atoms with E-state index in [1.54, 1.807) is 0 Å². The lowest BCUT2D eigenvalue weighted by atomic mass is 10.0. The van der Waals surface area contributed by atoms with Crippen LogP contribution in [0.15, 0.2) is 31.8 Å². The molecule has 1 heterocycles. The van der Waals surface area contributed by atoms with Gasteiger partial charge in [0.2, 0.25) is 0 Å². The Hall–Kier alpha value is 0.0600. The standard InChI is InChI=1S/C12H8Br2ClFOS/c13-11-5-8(12(14)18-11)10(17)4-6-3-7(15)1-2-9(6)16/h1-3,5,10,17H,4H2. The van der Waals surface area contributed by atoms with Gasteiger partial charge in [0.15, 0.2) is 0 Å². The van der Waals surface area contributed by atoms with Crippen LogP contribution in [0.4, 0.5) is 4.39 Å². The SMILES string of the molecule is OC(Cc1cc(Cl)ccc1F)c1cc(Br)sc1Br. The minimum atomic E-state index is -0.769. The molecule has 1 aromatic heterocycles. The normalized spacial score (nSPS) is 12.7. The van der Waals surface area contributed by atoms with Crippen molar-refractivity contribution in [1.29, 1.82) is 0 Å². The van der Waals surface area contributed by atoms with Crippen molar-refractivity contribution < 1.29 is 9.50 Å². The lowest BCUT2D eigenvalue weighted by Gasteiger charge is -2.11. The summed E-state index contributed by atoms with van der Waals surface area (Å²) in [5.74, 6) is -0.358. The highest BCUT2D eigenvalue weighted by Crippen LogP contribution is 2.36. The summed E-state index contributed by atoms with van der Waals surface area (Å²) in [7, 11) is 0. The Balaban J connectivity index is 2.23. The molecule has 0 radical (unpaired) electrons. The maximum atomic E-state index is 13.6. The third-order valence-corrected chi connectivity index (χ3v) is 5.08. The summed E-state index contributed by atoms with van der Waals surface area (Å²) in [5, 5.41) is 10.6. The molecular formula is C12H8Br2ClFOS. The summed E-state index contributed by atoms with van der Waals surface area (Å²) in [5.41, 5.74) is 1.15. The van der Waals surface area contributed by atoms with Gasteiger partial charge in [0.25, 0.3) is 0 Å². The summed E-state index contributed by atoms with van der Waals surface area (Å²) in [6.45, 7) is 0. The number of aliphatic hydroxyl groups is 1.